The Morgan fingerprint density at radius 1 is 1.56 bits per heavy atom. The fraction of sp³-hybridized carbons (Fsp3) is 0.538. The molecular weight excluding hydrogens is 316 g/mol. The van der Waals surface area contributed by atoms with Crippen LogP contribution >= 0.6 is 27.5 Å². The molecule has 0 aliphatic carbocycles. The van der Waals surface area contributed by atoms with Gasteiger partial charge in [0.15, 0.2) is 0 Å². The molecule has 1 N–H and O–H groups in total. The van der Waals surface area contributed by atoms with E-state index in [4.69, 9.17) is 16.3 Å². The smallest absolute Gasteiger partial charge is 0.0826 e. The number of benzene rings is 1. The molecule has 0 spiro atoms. The second-order valence-corrected chi connectivity index (χ2v) is 5.92. The predicted molar refractivity (Wildman–Crippen MR) is 78.1 cm³/mol. The second-order valence-electron chi connectivity index (χ2n) is 4.63. The van der Waals surface area contributed by atoms with Gasteiger partial charge in [0.05, 0.1) is 12.7 Å². The van der Waals surface area contributed by atoms with Gasteiger partial charge in [-0.3, -0.25) is 4.90 Å². The molecule has 0 saturated carbocycles. The van der Waals surface area contributed by atoms with Gasteiger partial charge in [0.1, 0.15) is 0 Å². The third-order valence-electron chi connectivity index (χ3n) is 2.97. The molecule has 1 aliphatic rings. The molecule has 1 atom stereocenters. The molecule has 1 unspecified atom stereocenters. The quantitative estimate of drug-likeness (QED) is 0.916. The van der Waals surface area contributed by atoms with Crippen molar-refractivity contribution in [2.24, 2.45) is 0 Å². The Morgan fingerprint density at radius 3 is 3.11 bits per heavy atom. The van der Waals surface area contributed by atoms with E-state index in [2.05, 4.69) is 33.2 Å². The van der Waals surface area contributed by atoms with Crippen LogP contribution < -0.4 is 5.32 Å². The Morgan fingerprint density at radius 2 is 2.39 bits per heavy atom. The summed E-state index contributed by atoms with van der Waals surface area (Å²) in [6.45, 7) is 4.48. The van der Waals surface area contributed by atoms with Crippen molar-refractivity contribution < 1.29 is 4.74 Å². The lowest BCUT2D eigenvalue weighted by atomic mass is 10.2. The van der Waals surface area contributed by atoms with Crippen molar-refractivity contribution in [2.45, 2.75) is 12.6 Å². The van der Waals surface area contributed by atoms with E-state index in [-0.39, 0.29) is 6.10 Å². The number of likely N-dealkylation sites (N-methyl/N-ethyl adjacent to an activating group) is 1. The molecule has 0 amide bonds. The average Bonchev–Trinajstić information content (AvgIpc) is 2.35. The van der Waals surface area contributed by atoms with Crippen molar-refractivity contribution in [2.75, 3.05) is 33.3 Å². The zero-order valence-electron chi connectivity index (χ0n) is 10.5. The number of rotatable bonds is 4. The maximum absolute atomic E-state index is 6.02. The average molecular weight is 334 g/mol. The van der Waals surface area contributed by atoms with Gasteiger partial charge in [-0.05, 0) is 30.8 Å². The molecule has 1 aromatic carbocycles. The normalized spacial score (nSPS) is 20.3. The summed E-state index contributed by atoms with van der Waals surface area (Å²) in [5.74, 6) is 0. The summed E-state index contributed by atoms with van der Waals surface area (Å²) in [5, 5.41) is 4.12. The Kier molecular flexibility index (Phi) is 5.45. The summed E-state index contributed by atoms with van der Waals surface area (Å²) in [6.07, 6.45) is 0.279. The van der Waals surface area contributed by atoms with Gasteiger partial charge in [0.2, 0.25) is 0 Å². The van der Waals surface area contributed by atoms with Crippen molar-refractivity contribution in [3.05, 3.63) is 33.3 Å². The number of hydrogen-bond acceptors (Lipinski definition) is 3. The van der Waals surface area contributed by atoms with E-state index in [1.54, 1.807) is 0 Å². The lowest BCUT2D eigenvalue weighted by molar-refractivity contribution is 0.00882. The number of halogens is 2. The minimum absolute atomic E-state index is 0.279. The lowest BCUT2D eigenvalue weighted by Crippen LogP contribution is -2.44. The lowest BCUT2D eigenvalue weighted by Gasteiger charge is -2.28. The molecule has 1 aromatic rings. The van der Waals surface area contributed by atoms with Gasteiger partial charge >= 0.3 is 0 Å². The predicted octanol–water partition coefficient (Wildman–Crippen LogP) is 2.52. The highest BCUT2D eigenvalue weighted by molar-refractivity contribution is 9.10. The van der Waals surface area contributed by atoms with Crippen LogP contribution in [0.5, 0.6) is 0 Å². The summed E-state index contributed by atoms with van der Waals surface area (Å²) in [4.78, 5) is 2.26. The Bertz CT molecular complexity index is 397. The summed E-state index contributed by atoms with van der Waals surface area (Å²) in [5.41, 5.74) is 1.20. The minimum Gasteiger partial charge on any atom is -0.374 e. The van der Waals surface area contributed by atoms with E-state index in [0.717, 1.165) is 42.3 Å². The van der Waals surface area contributed by atoms with E-state index in [1.165, 1.54) is 5.56 Å². The summed E-state index contributed by atoms with van der Waals surface area (Å²) in [7, 11) is 2.10. The number of ether oxygens (including phenoxy) is 1. The van der Waals surface area contributed by atoms with Gasteiger partial charge in [0.25, 0.3) is 0 Å². The molecule has 1 heterocycles. The molecule has 0 aromatic heterocycles. The first-order chi connectivity index (χ1) is 8.65. The second kappa shape index (κ2) is 6.87. The van der Waals surface area contributed by atoms with Crippen LogP contribution in [0.3, 0.4) is 0 Å². The molecule has 0 bridgehead atoms. The first-order valence-electron chi connectivity index (χ1n) is 6.10. The SMILES string of the molecule is CN(Cc1cc(Cl)ccc1Br)CC1CNCCO1. The van der Waals surface area contributed by atoms with Crippen LogP contribution in [0.2, 0.25) is 5.02 Å². The Labute approximate surface area is 122 Å². The van der Waals surface area contributed by atoms with Crippen LogP contribution in [0.1, 0.15) is 5.56 Å². The third kappa shape index (κ3) is 4.21. The van der Waals surface area contributed by atoms with E-state index >= 15 is 0 Å². The van der Waals surface area contributed by atoms with Gasteiger partial charge < -0.3 is 10.1 Å². The number of nitrogens with one attached hydrogen (secondary N) is 1. The molecule has 1 aliphatic heterocycles. The molecule has 1 fully saturated rings. The van der Waals surface area contributed by atoms with E-state index in [1.807, 2.05) is 18.2 Å². The van der Waals surface area contributed by atoms with E-state index in [9.17, 15) is 0 Å². The summed E-state index contributed by atoms with van der Waals surface area (Å²) in [6, 6.07) is 5.88. The van der Waals surface area contributed by atoms with Gasteiger partial charge in [-0.2, -0.15) is 0 Å². The molecule has 3 nitrogen and oxygen atoms in total. The highest BCUT2D eigenvalue weighted by atomic mass is 79.9. The first kappa shape index (κ1) is 14.3. The van der Waals surface area contributed by atoms with Gasteiger partial charge in [-0.15, -0.1) is 0 Å². The summed E-state index contributed by atoms with van der Waals surface area (Å²) < 4.78 is 6.80. The maximum Gasteiger partial charge on any atom is 0.0826 e. The van der Waals surface area contributed by atoms with Crippen LogP contribution in [0.4, 0.5) is 0 Å². The fourth-order valence-corrected chi connectivity index (χ4v) is 2.67. The molecule has 100 valence electrons. The largest absolute Gasteiger partial charge is 0.374 e. The zero-order valence-corrected chi connectivity index (χ0v) is 12.8. The van der Waals surface area contributed by atoms with E-state index in [0.29, 0.717) is 0 Å². The molecule has 18 heavy (non-hydrogen) atoms. The van der Waals surface area contributed by atoms with Crippen molar-refractivity contribution in [3.63, 3.8) is 0 Å². The van der Waals surface area contributed by atoms with E-state index < -0.39 is 0 Å². The van der Waals surface area contributed by atoms with Crippen molar-refractivity contribution in [1.29, 1.82) is 0 Å². The minimum atomic E-state index is 0.279. The highest BCUT2D eigenvalue weighted by Crippen LogP contribution is 2.22. The maximum atomic E-state index is 6.02. The highest BCUT2D eigenvalue weighted by Gasteiger charge is 2.16. The van der Waals surface area contributed by atoms with Crippen molar-refractivity contribution in [3.8, 4) is 0 Å². The zero-order chi connectivity index (χ0) is 13.0. The van der Waals surface area contributed by atoms with Crippen LogP contribution in [0.25, 0.3) is 0 Å². The number of nitrogens with zero attached hydrogens (tertiary/aromatic N) is 1. The third-order valence-corrected chi connectivity index (χ3v) is 3.98. The van der Waals surface area contributed by atoms with Crippen molar-refractivity contribution in [1.82, 2.24) is 10.2 Å². The standard InChI is InChI=1S/C13H18BrClN2O/c1-17(9-12-7-16-4-5-18-12)8-10-6-11(15)2-3-13(10)14/h2-3,6,12,16H,4-5,7-9H2,1H3. The number of morpholine rings is 1. The van der Waals surface area contributed by atoms with Crippen LogP contribution in [0.15, 0.2) is 22.7 Å². The Balaban J connectivity index is 1.89. The van der Waals surface area contributed by atoms with Crippen LogP contribution in [-0.4, -0.2) is 44.3 Å². The molecule has 5 heteroatoms. The van der Waals surface area contributed by atoms with Crippen LogP contribution in [-0.2, 0) is 11.3 Å². The topological polar surface area (TPSA) is 24.5 Å². The van der Waals surface area contributed by atoms with Crippen molar-refractivity contribution >= 4 is 27.5 Å². The molecule has 2 rings (SSSR count). The monoisotopic (exact) mass is 332 g/mol. The summed E-state index contributed by atoms with van der Waals surface area (Å²) >= 11 is 9.57. The first-order valence-corrected chi connectivity index (χ1v) is 7.27. The van der Waals surface area contributed by atoms with Gasteiger partial charge in [-0.25, -0.2) is 0 Å². The van der Waals surface area contributed by atoms with Crippen LogP contribution in [0, 0.1) is 0 Å². The molecule has 0 radical (unpaired) electrons. The van der Waals surface area contributed by atoms with Gasteiger partial charge in [0, 0.05) is 35.7 Å². The molecule has 1 saturated heterocycles. The molecular formula is C13H18BrClN2O. The Hall–Kier alpha value is -0.130. The fourth-order valence-electron chi connectivity index (χ4n) is 2.10. The number of hydrogen-bond donors (Lipinski definition) is 1. The van der Waals surface area contributed by atoms with Gasteiger partial charge in [-0.1, -0.05) is 27.5 Å².